The Morgan fingerprint density at radius 2 is 1.78 bits per heavy atom. The Labute approximate surface area is 138 Å². The van der Waals surface area contributed by atoms with E-state index in [1.54, 1.807) is 0 Å². The highest BCUT2D eigenvalue weighted by Gasteiger charge is 2.09. The van der Waals surface area contributed by atoms with Crippen molar-refractivity contribution in [1.29, 1.82) is 0 Å². The van der Waals surface area contributed by atoms with Gasteiger partial charge in [0, 0.05) is 17.6 Å². The largest absolute Gasteiger partial charge is 0.383 e. The van der Waals surface area contributed by atoms with Gasteiger partial charge in [-0.05, 0) is 48.6 Å². The first-order chi connectivity index (χ1) is 11.3. The van der Waals surface area contributed by atoms with Gasteiger partial charge >= 0.3 is 0 Å². The number of unbranched alkanes of at least 4 members (excludes halogenated alkanes) is 1. The molecule has 0 aliphatic carbocycles. The Kier molecular flexibility index (Phi) is 5.02. The van der Waals surface area contributed by atoms with Gasteiger partial charge in [0.1, 0.15) is 0 Å². The van der Waals surface area contributed by atoms with E-state index in [1.807, 2.05) is 0 Å². The number of aryl methyl sites for hydroxylation is 1. The Bertz CT molecular complexity index is 756. The second kappa shape index (κ2) is 7.36. The fourth-order valence-electron chi connectivity index (χ4n) is 3.00. The zero-order chi connectivity index (χ0) is 16.1. The molecule has 2 N–H and O–H groups in total. The van der Waals surface area contributed by atoms with Gasteiger partial charge in [-0.25, -0.2) is 0 Å². The van der Waals surface area contributed by atoms with Crippen molar-refractivity contribution in [2.75, 3.05) is 11.9 Å². The van der Waals surface area contributed by atoms with Gasteiger partial charge in [0.15, 0.2) is 0 Å². The van der Waals surface area contributed by atoms with Gasteiger partial charge < -0.3 is 10.3 Å². The fourth-order valence-corrected chi connectivity index (χ4v) is 3.00. The van der Waals surface area contributed by atoms with Gasteiger partial charge in [-0.1, -0.05) is 50.6 Å². The first-order valence-corrected chi connectivity index (χ1v) is 8.76. The maximum absolute atomic E-state index is 3.61. The molecular formula is C21H26N2. The molecule has 0 unspecified atom stereocenters. The van der Waals surface area contributed by atoms with Crippen LogP contribution in [0.3, 0.4) is 0 Å². The summed E-state index contributed by atoms with van der Waals surface area (Å²) in [6, 6.07) is 17.5. The summed E-state index contributed by atoms with van der Waals surface area (Å²) in [6.45, 7) is 5.46. The third-order valence-corrected chi connectivity index (χ3v) is 4.26. The van der Waals surface area contributed by atoms with E-state index in [-0.39, 0.29) is 0 Å². The van der Waals surface area contributed by atoms with Crippen LogP contribution in [-0.2, 0) is 6.42 Å². The number of H-pyrrole nitrogens is 1. The minimum atomic E-state index is 1.01. The van der Waals surface area contributed by atoms with Crippen molar-refractivity contribution in [3.63, 3.8) is 0 Å². The lowest BCUT2D eigenvalue weighted by atomic mass is 10.0. The van der Waals surface area contributed by atoms with Crippen molar-refractivity contribution in [3.8, 4) is 11.3 Å². The van der Waals surface area contributed by atoms with Crippen molar-refractivity contribution in [2.24, 2.45) is 0 Å². The Morgan fingerprint density at radius 3 is 2.52 bits per heavy atom. The Hall–Kier alpha value is -2.22. The van der Waals surface area contributed by atoms with E-state index < -0.39 is 0 Å². The number of hydrogen-bond donors (Lipinski definition) is 2. The van der Waals surface area contributed by atoms with Gasteiger partial charge in [-0.2, -0.15) is 0 Å². The maximum atomic E-state index is 3.61. The fraction of sp³-hybridized carbons (Fsp3) is 0.333. The summed E-state index contributed by atoms with van der Waals surface area (Å²) < 4.78 is 0. The van der Waals surface area contributed by atoms with E-state index in [1.165, 1.54) is 46.3 Å². The molecule has 0 atom stereocenters. The molecular weight excluding hydrogens is 280 g/mol. The number of aromatic amines is 1. The number of benzene rings is 2. The smallest absolute Gasteiger partial charge is 0.0694 e. The summed E-state index contributed by atoms with van der Waals surface area (Å²) in [7, 11) is 0. The SMILES string of the molecule is CCCCc1cc(NCCC)c2[nH]c(-c3ccccc3)cc2c1. The minimum Gasteiger partial charge on any atom is -0.383 e. The second-order valence-corrected chi connectivity index (χ2v) is 6.19. The maximum Gasteiger partial charge on any atom is 0.0694 e. The zero-order valence-corrected chi connectivity index (χ0v) is 14.2. The van der Waals surface area contributed by atoms with Crippen LogP contribution in [0.4, 0.5) is 5.69 Å². The molecule has 3 aromatic rings. The molecule has 0 aliphatic rings. The van der Waals surface area contributed by atoms with Crippen LogP contribution in [0.25, 0.3) is 22.2 Å². The molecule has 0 saturated heterocycles. The monoisotopic (exact) mass is 306 g/mol. The number of rotatable bonds is 7. The highest BCUT2D eigenvalue weighted by atomic mass is 14.9. The highest BCUT2D eigenvalue weighted by Crippen LogP contribution is 2.30. The first kappa shape index (κ1) is 15.7. The van der Waals surface area contributed by atoms with Gasteiger partial charge in [0.25, 0.3) is 0 Å². The molecule has 23 heavy (non-hydrogen) atoms. The molecule has 3 rings (SSSR count). The zero-order valence-electron chi connectivity index (χ0n) is 14.2. The van der Waals surface area contributed by atoms with Crippen molar-refractivity contribution in [3.05, 3.63) is 54.1 Å². The average molecular weight is 306 g/mol. The first-order valence-electron chi connectivity index (χ1n) is 8.76. The van der Waals surface area contributed by atoms with Gasteiger partial charge in [0.05, 0.1) is 11.2 Å². The van der Waals surface area contributed by atoms with E-state index in [0.29, 0.717) is 0 Å². The minimum absolute atomic E-state index is 1.01. The van der Waals surface area contributed by atoms with E-state index in [9.17, 15) is 0 Å². The molecule has 0 fully saturated rings. The standard InChI is InChI=1S/C21H26N2/c1-3-5-9-16-13-18-15-19(17-10-7-6-8-11-17)23-21(18)20(14-16)22-12-4-2/h6-8,10-11,13-15,22-23H,3-5,9,12H2,1-2H3. The molecule has 2 heteroatoms. The lowest BCUT2D eigenvalue weighted by Gasteiger charge is -2.09. The third kappa shape index (κ3) is 3.58. The molecule has 0 saturated carbocycles. The molecule has 0 spiro atoms. The Balaban J connectivity index is 2.03. The normalized spacial score (nSPS) is 11.0. The van der Waals surface area contributed by atoms with E-state index in [4.69, 9.17) is 0 Å². The predicted molar refractivity (Wildman–Crippen MR) is 101 cm³/mol. The number of nitrogens with one attached hydrogen (secondary N) is 2. The topological polar surface area (TPSA) is 27.8 Å². The van der Waals surface area contributed by atoms with Crippen LogP contribution < -0.4 is 5.32 Å². The number of fused-ring (bicyclic) bond motifs is 1. The summed E-state index contributed by atoms with van der Waals surface area (Å²) in [6.07, 6.45) is 4.76. The molecule has 0 aliphatic heterocycles. The molecule has 2 nitrogen and oxygen atoms in total. The molecule has 1 aromatic heterocycles. The summed E-state index contributed by atoms with van der Waals surface area (Å²) in [4.78, 5) is 3.61. The summed E-state index contributed by atoms with van der Waals surface area (Å²) in [5.74, 6) is 0. The van der Waals surface area contributed by atoms with E-state index in [0.717, 1.165) is 19.4 Å². The van der Waals surface area contributed by atoms with Crippen molar-refractivity contribution in [2.45, 2.75) is 39.5 Å². The third-order valence-electron chi connectivity index (χ3n) is 4.26. The van der Waals surface area contributed by atoms with Gasteiger partial charge in [-0.15, -0.1) is 0 Å². The van der Waals surface area contributed by atoms with Crippen LogP contribution in [-0.4, -0.2) is 11.5 Å². The average Bonchev–Trinajstić information content (AvgIpc) is 3.03. The van der Waals surface area contributed by atoms with Crippen molar-refractivity contribution < 1.29 is 0 Å². The summed E-state index contributed by atoms with van der Waals surface area (Å²) >= 11 is 0. The number of aromatic nitrogens is 1. The van der Waals surface area contributed by atoms with Crippen LogP contribution in [0, 0.1) is 0 Å². The van der Waals surface area contributed by atoms with E-state index >= 15 is 0 Å². The molecule has 2 aromatic carbocycles. The van der Waals surface area contributed by atoms with Gasteiger partial charge in [0.2, 0.25) is 0 Å². The second-order valence-electron chi connectivity index (χ2n) is 6.19. The van der Waals surface area contributed by atoms with Crippen LogP contribution in [0.5, 0.6) is 0 Å². The lowest BCUT2D eigenvalue weighted by Crippen LogP contribution is -2.01. The van der Waals surface area contributed by atoms with Crippen LogP contribution in [0.2, 0.25) is 0 Å². The van der Waals surface area contributed by atoms with Gasteiger partial charge in [-0.3, -0.25) is 0 Å². The molecule has 120 valence electrons. The van der Waals surface area contributed by atoms with E-state index in [2.05, 4.69) is 72.7 Å². The number of hydrogen-bond acceptors (Lipinski definition) is 1. The van der Waals surface area contributed by atoms with Crippen molar-refractivity contribution in [1.82, 2.24) is 4.98 Å². The summed E-state index contributed by atoms with van der Waals surface area (Å²) in [5, 5.41) is 4.89. The molecule has 0 bridgehead atoms. The van der Waals surface area contributed by atoms with Crippen molar-refractivity contribution >= 4 is 16.6 Å². The van der Waals surface area contributed by atoms with Crippen LogP contribution >= 0.6 is 0 Å². The molecule has 0 radical (unpaired) electrons. The van der Waals surface area contributed by atoms with Crippen LogP contribution in [0.1, 0.15) is 38.7 Å². The Morgan fingerprint density at radius 1 is 0.957 bits per heavy atom. The predicted octanol–water partition coefficient (Wildman–Crippen LogP) is 6.00. The lowest BCUT2D eigenvalue weighted by molar-refractivity contribution is 0.796. The number of anilines is 1. The quantitative estimate of drug-likeness (QED) is 0.550. The molecule has 0 amide bonds. The molecule has 1 heterocycles. The summed E-state index contributed by atoms with van der Waals surface area (Å²) in [5.41, 5.74) is 6.31. The highest BCUT2D eigenvalue weighted by molar-refractivity contribution is 5.95. The van der Waals surface area contributed by atoms with Crippen LogP contribution in [0.15, 0.2) is 48.5 Å².